The van der Waals surface area contributed by atoms with E-state index in [1.54, 1.807) is 19.4 Å². The number of hydrogen-bond donors (Lipinski definition) is 1. The Labute approximate surface area is 275 Å². The zero-order valence-corrected chi connectivity index (χ0v) is 27.4. The number of hydrogen-bond acceptors (Lipinski definition) is 7. The molecule has 1 N–H and O–H groups in total. The first kappa shape index (κ1) is 29.9. The molecule has 1 saturated carbocycles. The molecule has 1 amide bonds. The fourth-order valence-electron chi connectivity index (χ4n) is 8.32. The van der Waals surface area contributed by atoms with Crippen molar-refractivity contribution in [2.75, 3.05) is 42.2 Å². The molecule has 0 saturated heterocycles. The van der Waals surface area contributed by atoms with Crippen LogP contribution in [0.4, 0.5) is 11.5 Å². The van der Waals surface area contributed by atoms with Gasteiger partial charge in [-0.3, -0.25) is 14.5 Å². The monoisotopic (exact) mass is 659 g/mol. The number of anilines is 2. The van der Waals surface area contributed by atoms with E-state index in [1.165, 1.54) is 29.1 Å². The summed E-state index contributed by atoms with van der Waals surface area (Å²) >= 11 is 6.45. The molecule has 3 heterocycles. The number of benzene rings is 2. The quantitative estimate of drug-likeness (QED) is 0.332. The highest BCUT2D eigenvalue weighted by Crippen LogP contribution is 2.49. The molecule has 240 valence electrons. The number of nitrogens with one attached hydrogen (secondary N) is 1. The van der Waals surface area contributed by atoms with Gasteiger partial charge in [-0.1, -0.05) is 23.7 Å². The molecule has 9 nitrogen and oxygen atoms in total. The van der Waals surface area contributed by atoms with Crippen LogP contribution in [-0.2, 0) is 26.5 Å². The van der Waals surface area contributed by atoms with Crippen molar-refractivity contribution in [3.8, 4) is 5.75 Å². The molecule has 11 heteroatoms. The molecule has 2 aliphatic heterocycles. The van der Waals surface area contributed by atoms with Gasteiger partial charge in [-0.15, -0.1) is 4.36 Å². The number of aryl methyl sites for hydroxylation is 1. The molecule has 2 bridgehead atoms. The first-order valence-corrected chi connectivity index (χ1v) is 18.3. The van der Waals surface area contributed by atoms with Crippen LogP contribution < -0.4 is 14.4 Å². The van der Waals surface area contributed by atoms with Gasteiger partial charge in [0.15, 0.2) is 5.82 Å². The number of nitrogens with zero attached hydrogens (tertiary/aromatic N) is 4. The fourth-order valence-corrected chi connectivity index (χ4v) is 10.4. The number of halogens is 1. The van der Waals surface area contributed by atoms with E-state index in [0.29, 0.717) is 29.8 Å². The van der Waals surface area contributed by atoms with Crippen LogP contribution in [0.5, 0.6) is 5.75 Å². The lowest BCUT2D eigenvalue weighted by Gasteiger charge is -2.48. The summed E-state index contributed by atoms with van der Waals surface area (Å²) in [5.41, 5.74) is 4.81. The summed E-state index contributed by atoms with van der Waals surface area (Å²) in [6.07, 6.45) is 12.7. The molecule has 2 aromatic carbocycles. The predicted octanol–water partition coefficient (Wildman–Crippen LogP) is 6.24. The second kappa shape index (κ2) is 11.6. The molecule has 1 fully saturated rings. The third-order valence-corrected chi connectivity index (χ3v) is 12.9. The number of rotatable bonds is 3. The van der Waals surface area contributed by atoms with E-state index in [1.807, 2.05) is 18.2 Å². The number of carbonyl (C=O) groups is 1. The highest BCUT2D eigenvalue weighted by molar-refractivity contribution is 7.95. The number of ether oxygens (including phenoxy) is 2. The van der Waals surface area contributed by atoms with Gasteiger partial charge in [0.1, 0.15) is 15.7 Å². The first-order chi connectivity index (χ1) is 22.3. The molecule has 6 atom stereocenters. The number of fused-ring (bicyclic) bond motifs is 5. The lowest BCUT2D eigenvalue weighted by atomic mass is 9.65. The van der Waals surface area contributed by atoms with Crippen molar-refractivity contribution < 1.29 is 18.5 Å². The van der Waals surface area contributed by atoms with Gasteiger partial charge in [0, 0.05) is 48.6 Å². The van der Waals surface area contributed by atoms with E-state index in [0.717, 1.165) is 68.1 Å². The van der Waals surface area contributed by atoms with Crippen molar-refractivity contribution in [1.29, 1.82) is 0 Å². The topological polar surface area (TPSA) is 106 Å². The molecule has 8 rings (SSSR count). The van der Waals surface area contributed by atoms with Crippen LogP contribution >= 0.6 is 11.6 Å². The summed E-state index contributed by atoms with van der Waals surface area (Å²) in [4.78, 5) is 24.7. The van der Waals surface area contributed by atoms with Crippen LogP contribution in [0.3, 0.4) is 0 Å². The van der Waals surface area contributed by atoms with Gasteiger partial charge in [0.2, 0.25) is 0 Å². The zero-order valence-electron chi connectivity index (χ0n) is 25.9. The summed E-state index contributed by atoms with van der Waals surface area (Å²) in [5.74, 6) is 1.45. The van der Waals surface area contributed by atoms with Gasteiger partial charge in [-0.25, -0.2) is 9.19 Å². The maximum absolute atomic E-state index is 14.5. The normalized spacial score (nSPS) is 31.7. The zero-order chi connectivity index (χ0) is 31.5. The Kier molecular flexibility index (Phi) is 7.57. The second-order valence-corrected chi connectivity index (χ2v) is 15.9. The molecule has 5 aliphatic rings. The Bertz CT molecular complexity index is 1840. The van der Waals surface area contributed by atoms with E-state index >= 15 is 0 Å². The van der Waals surface area contributed by atoms with Crippen LogP contribution in [0, 0.1) is 17.8 Å². The van der Waals surface area contributed by atoms with Crippen molar-refractivity contribution in [3.05, 3.63) is 88.4 Å². The summed E-state index contributed by atoms with van der Waals surface area (Å²) in [6, 6.07) is 11.8. The van der Waals surface area contributed by atoms with E-state index in [9.17, 15) is 9.00 Å². The fraction of sp³-hybridized carbons (Fsp3) is 0.457. The van der Waals surface area contributed by atoms with E-state index in [4.69, 9.17) is 21.1 Å². The third-order valence-electron chi connectivity index (χ3n) is 10.8. The summed E-state index contributed by atoms with van der Waals surface area (Å²) in [6.45, 7) is 2.14. The molecule has 3 aliphatic carbocycles. The minimum Gasteiger partial charge on any atom is -0.490 e. The largest absolute Gasteiger partial charge is 0.490 e. The number of methoxy groups -OCH3 is 1. The summed E-state index contributed by atoms with van der Waals surface area (Å²) in [7, 11) is -1.48. The first-order valence-electron chi connectivity index (χ1n) is 16.2. The highest BCUT2D eigenvalue weighted by Gasteiger charge is 2.46. The van der Waals surface area contributed by atoms with Crippen LogP contribution in [0.1, 0.15) is 53.6 Å². The number of amides is 1. The van der Waals surface area contributed by atoms with E-state index < -0.39 is 15.8 Å². The van der Waals surface area contributed by atoms with Crippen molar-refractivity contribution in [1.82, 2.24) is 9.97 Å². The molecule has 1 unspecified atom stereocenters. The third kappa shape index (κ3) is 5.28. The summed E-state index contributed by atoms with van der Waals surface area (Å²) in [5, 5.41) is 0.760. The Balaban J connectivity index is 1.24. The maximum atomic E-state index is 14.5. The molecule has 46 heavy (non-hydrogen) atoms. The number of allylic oxidation sites excluding steroid dienone is 1. The van der Waals surface area contributed by atoms with E-state index in [2.05, 4.69) is 42.2 Å². The highest BCUT2D eigenvalue weighted by atomic mass is 35.5. The van der Waals surface area contributed by atoms with Gasteiger partial charge in [0.05, 0.1) is 30.3 Å². The Morgan fingerprint density at radius 3 is 2.85 bits per heavy atom. The molecule has 1 spiro atoms. The Morgan fingerprint density at radius 1 is 1.17 bits per heavy atom. The van der Waals surface area contributed by atoms with E-state index in [-0.39, 0.29) is 23.2 Å². The molecule has 1 aromatic heterocycles. The van der Waals surface area contributed by atoms with Gasteiger partial charge in [-0.05, 0) is 103 Å². The minimum absolute atomic E-state index is 0.0132. The van der Waals surface area contributed by atoms with Crippen molar-refractivity contribution in [3.63, 3.8) is 0 Å². The lowest BCUT2D eigenvalue weighted by molar-refractivity contribution is -0.00147. The van der Waals surface area contributed by atoms with Gasteiger partial charge >= 0.3 is 0 Å². The molecular formula is C35H38ClN5O4S. The lowest BCUT2D eigenvalue weighted by Crippen LogP contribution is -2.50. The standard InChI is InChI=1S/C35H38ClN5O4S/c1-44-33-27-8-4-24(27)18-41-20-35(12-2-3-22-15-26(36)7-10-29(22)35)21-45-31-11-6-23(16-30(31)41)34(42)40-46(43,19-25-5-9-28(25)33)39-32-17-37-13-14-38-32/h6-7,9-11,13-17,24-25,27,33H,2-5,8,12,18-21H2,1H3,(H,38,39,40,42,43)/t24-,25-,27+,33+,35-,46?/m0/s1. The van der Waals surface area contributed by atoms with Crippen molar-refractivity contribution in [2.45, 2.75) is 50.0 Å². The minimum atomic E-state index is -3.26. The second-order valence-electron chi connectivity index (χ2n) is 13.5. The average Bonchev–Trinajstić information content (AvgIpc) is 3.18. The van der Waals surface area contributed by atoms with Crippen LogP contribution in [0.25, 0.3) is 0 Å². The Morgan fingerprint density at radius 2 is 2.09 bits per heavy atom. The summed E-state index contributed by atoms with van der Waals surface area (Å²) < 4.78 is 34.8. The van der Waals surface area contributed by atoms with Gasteiger partial charge < -0.3 is 14.4 Å². The van der Waals surface area contributed by atoms with Crippen molar-refractivity contribution in [2.24, 2.45) is 22.1 Å². The average molecular weight is 660 g/mol. The van der Waals surface area contributed by atoms with Crippen LogP contribution in [0.15, 0.2) is 71.0 Å². The number of aromatic nitrogens is 2. The van der Waals surface area contributed by atoms with Crippen LogP contribution in [-0.4, -0.2) is 58.7 Å². The molecular weight excluding hydrogens is 622 g/mol. The maximum Gasteiger partial charge on any atom is 0.286 e. The predicted molar refractivity (Wildman–Crippen MR) is 179 cm³/mol. The Hall–Kier alpha value is -3.47. The van der Waals surface area contributed by atoms with Gasteiger partial charge in [-0.2, -0.15) is 0 Å². The smallest absolute Gasteiger partial charge is 0.286 e. The SMILES string of the molecule is CO[C@H]1C2=CC[C@H]2CS(=O)(Nc2cnccn2)=NC(=O)c2ccc3c(c2)N(C[C@@H]2CC[C@H]21)C[C@@]1(CCCc2cc(Cl)ccc21)CO3. The molecule has 3 aromatic rings. The van der Waals surface area contributed by atoms with Crippen molar-refractivity contribution >= 4 is 38.9 Å². The van der Waals surface area contributed by atoms with Crippen LogP contribution in [0.2, 0.25) is 5.02 Å². The number of carbonyl (C=O) groups excluding carboxylic acids is 1. The van der Waals surface area contributed by atoms with Gasteiger partial charge in [0.25, 0.3) is 5.91 Å². The molecule has 0 radical (unpaired) electrons.